The predicted octanol–water partition coefficient (Wildman–Crippen LogP) is -5.67. The molecule has 6 nitrogen and oxygen atoms in total. The van der Waals surface area contributed by atoms with E-state index in [1.807, 2.05) is 24.0 Å². The molecular formula is C15H24Br2N4O2. The zero-order valence-corrected chi connectivity index (χ0v) is 16.5. The summed E-state index contributed by atoms with van der Waals surface area (Å²) in [7, 11) is 1.93. The van der Waals surface area contributed by atoms with Gasteiger partial charge >= 0.3 is 5.82 Å². The molecule has 8 heteroatoms. The van der Waals surface area contributed by atoms with Gasteiger partial charge in [0.05, 0.1) is 33.2 Å². The Hall–Kier alpha value is -0.730. The van der Waals surface area contributed by atoms with E-state index in [-0.39, 0.29) is 34.0 Å². The fourth-order valence-corrected chi connectivity index (χ4v) is 3.88. The third-order valence-electron chi connectivity index (χ3n) is 5.18. The van der Waals surface area contributed by atoms with Crippen LogP contribution in [0.2, 0.25) is 0 Å². The van der Waals surface area contributed by atoms with Gasteiger partial charge < -0.3 is 43.7 Å². The summed E-state index contributed by atoms with van der Waals surface area (Å²) in [5, 5.41) is 11.9. The number of carbonyl (C=O) groups excluding carboxylic acids is 1. The van der Waals surface area contributed by atoms with Crippen molar-refractivity contribution < 1.29 is 53.0 Å². The number of imidazole rings is 1. The number of aromatic nitrogens is 2. The average molecular weight is 452 g/mol. The van der Waals surface area contributed by atoms with Crippen molar-refractivity contribution in [2.45, 2.75) is 25.8 Å². The Morgan fingerprint density at radius 3 is 2.74 bits per heavy atom. The van der Waals surface area contributed by atoms with Gasteiger partial charge in [-0.25, -0.2) is 9.13 Å². The lowest BCUT2D eigenvalue weighted by atomic mass is 9.84. The molecule has 0 radical (unpaired) electrons. The molecule has 0 aliphatic carbocycles. The van der Waals surface area contributed by atoms with E-state index in [0.717, 1.165) is 49.2 Å². The number of carbonyl (C=O) groups is 1. The third-order valence-corrected chi connectivity index (χ3v) is 5.18. The number of aryl methyl sites for hydroxylation is 2. The molecule has 1 N–H and O–H groups in total. The lowest BCUT2D eigenvalue weighted by Gasteiger charge is -2.48. The quantitative estimate of drug-likeness (QED) is 0.159. The van der Waals surface area contributed by atoms with E-state index in [4.69, 9.17) is 5.21 Å². The third kappa shape index (κ3) is 4.22. The van der Waals surface area contributed by atoms with Crippen LogP contribution in [0, 0.1) is 5.92 Å². The molecule has 0 saturated carbocycles. The lowest BCUT2D eigenvalue weighted by molar-refractivity contribution is -0.931. The van der Waals surface area contributed by atoms with Gasteiger partial charge in [0.2, 0.25) is 0 Å². The number of nitrogens with zero attached hydrogens (tertiary/aromatic N) is 4. The van der Waals surface area contributed by atoms with Crippen LogP contribution in [0.1, 0.15) is 25.1 Å². The van der Waals surface area contributed by atoms with Crippen molar-refractivity contribution in [2.24, 2.45) is 18.1 Å². The fraction of sp³-hybridized carbons (Fsp3) is 0.667. The van der Waals surface area contributed by atoms with Gasteiger partial charge in [0.15, 0.2) is 12.0 Å². The normalized spacial score (nSPS) is 26.1. The first kappa shape index (κ1) is 20.3. The summed E-state index contributed by atoms with van der Waals surface area (Å²) in [4.78, 5) is 12.0. The van der Waals surface area contributed by atoms with E-state index in [1.54, 1.807) is 0 Å². The number of hydrogen-bond donors (Lipinski definition) is 1. The second-order valence-electron chi connectivity index (χ2n) is 6.47. The van der Waals surface area contributed by atoms with Crippen LogP contribution in [0.5, 0.6) is 0 Å². The Kier molecular flexibility index (Phi) is 7.41. The van der Waals surface area contributed by atoms with E-state index in [2.05, 4.69) is 9.72 Å². The lowest BCUT2D eigenvalue weighted by Crippen LogP contribution is -3.00. The molecule has 23 heavy (non-hydrogen) atoms. The number of hydrogen-bond acceptors (Lipinski definition) is 3. The second-order valence-corrected chi connectivity index (χ2v) is 6.47. The highest BCUT2D eigenvalue weighted by Gasteiger charge is 2.44. The number of oxime groups is 1. The Morgan fingerprint density at radius 2 is 2.13 bits per heavy atom. The molecular weight excluding hydrogens is 428 g/mol. The van der Waals surface area contributed by atoms with E-state index in [1.165, 1.54) is 19.3 Å². The highest BCUT2D eigenvalue weighted by Crippen LogP contribution is 2.31. The van der Waals surface area contributed by atoms with E-state index in [0.29, 0.717) is 11.7 Å². The number of piperidine rings is 3. The maximum absolute atomic E-state index is 12.0. The molecule has 1 aromatic rings. The van der Waals surface area contributed by atoms with Gasteiger partial charge in [0.1, 0.15) is 18.9 Å². The van der Waals surface area contributed by atoms with Gasteiger partial charge in [-0.15, -0.1) is 0 Å². The Balaban J connectivity index is 0.00000132. The van der Waals surface area contributed by atoms with Crippen LogP contribution in [0.15, 0.2) is 17.5 Å². The summed E-state index contributed by atoms with van der Waals surface area (Å²) in [6.07, 6.45) is 8.63. The largest absolute Gasteiger partial charge is 1.00 e. The molecule has 0 spiro atoms. The van der Waals surface area contributed by atoms with E-state index in [9.17, 15) is 4.79 Å². The second kappa shape index (κ2) is 8.39. The number of Topliss-reactive ketones (excluding diaryl/α,β-unsaturated/α-hetero) is 1. The maximum atomic E-state index is 12.0. The number of quaternary nitrogens is 1. The monoisotopic (exact) mass is 450 g/mol. The van der Waals surface area contributed by atoms with Crippen LogP contribution in [0.25, 0.3) is 0 Å². The highest BCUT2D eigenvalue weighted by atomic mass is 79.9. The smallest absolute Gasteiger partial charge is 0.303 e. The van der Waals surface area contributed by atoms with Gasteiger partial charge in [0.25, 0.3) is 0 Å². The number of fused-ring (bicyclic) bond motifs is 3. The topological polar surface area (TPSA) is 58.5 Å². The van der Waals surface area contributed by atoms with E-state index < -0.39 is 0 Å². The molecule has 3 fully saturated rings. The standard InChI is InChI=1S/C15H23N4O2.2BrH/c1-17-6-7-18(15(17)11-16-21)5-2-8-19-9-3-13(4-10-19)14(20)12-19;;/h6-7,11,13H,2-5,8-10,12H2,1H3;2*1H/q+1;;/p-1. The Morgan fingerprint density at radius 1 is 1.43 bits per heavy atom. The summed E-state index contributed by atoms with van der Waals surface area (Å²) < 4.78 is 5.02. The average Bonchev–Trinajstić information content (AvgIpc) is 2.82. The minimum atomic E-state index is 0. The maximum Gasteiger partial charge on any atom is 0.303 e. The summed E-state index contributed by atoms with van der Waals surface area (Å²) in [5.74, 6) is 1.72. The molecule has 2 bridgehead atoms. The zero-order chi connectivity index (χ0) is 14.9. The SMILES string of the molecule is C[n+]1ccn(CCC[N+]23CCC(CC2)C(=O)C3)c1/C=N\O.[Br-].[Br-]. The van der Waals surface area contributed by atoms with Crippen molar-refractivity contribution in [1.82, 2.24) is 4.57 Å². The summed E-state index contributed by atoms with van der Waals surface area (Å²) in [6, 6.07) is 0. The van der Waals surface area contributed by atoms with Crippen molar-refractivity contribution >= 4 is 12.0 Å². The summed E-state index contributed by atoms with van der Waals surface area (Å²) >= 11 is 0. The minimum absolute atomic E-state index is 0. The van der Waals surface area contributed by atoms with Crippen molar-refractivity contribution in [1.29, 1.82) is 0 Å². The molecule has 3 aliphatic heterocycles. The minimum Gasteiger partial charge on any atom is -1.00 e. The fourth-order valence-electron chi connectivity index (χ4n) is 3.88. The van der Waals surface area contributed by atoms with Crippen LogP contribution in [-0.4, -0.2) is 52.4 Å². The van der Waals surface area contributed by atoms with Crippen molar-refractivity contribution in [3.8, 4) is 0 Å². The van der Waals surface area contributed by atoms with Gasteiger partial charge in [-0.1, -0.05) is 5.16 Å². The zero-order valence-electron chi connectivity index (χ0n) is 13.4. The van der Waals surface area contributed by atoms with Crippen molar-refractivity contribution in [3.63, 3.8) is 0 Å². The molecule has 0 atom stereocenters. The Bertz CT molecular complexity index is 566. The van der Waals surface area contributed by atoms with Crippen LogP contribution >= 0.6 is 0 Å². The van der Waals surface area contributed by atoms with Crippen LogP contribution in [-0.2, 0) is 18.4 Å². The molecule has 4 heterocycles. The van der Waals surface area contributed by atoms with Gasteiger partial charge in [-0.3, -0.25) is 4.79 Å². The van der Waals surface area contributed by atoms with Gasteiger partial charge in [-0.2, -0.15) is 0 Å². The van der Waals surface area contributed by atoms with Gasteiger partial charge in [-0.05, 0) is 0 Å². The molecule has 3 saturated heterocycles. The number of ketones is 1. The molecule has 4 rings (SSSR count). The molecule has 1 aromatic heterocycles. The van der Waals surface area contributed by atoms with E-state index >= 15 is 0 Å². The highest BCUT2D eigenvalue weighted by molar-refractivity contribution is 5.83. The van der Waals surface area contributed by atoms with Crippen LogP contribution < -0.4 is 38.5 Å². The molecule has 130 valence electrons. The summed E-state index contributed by atoms with van der Waals surface area (Å²) in [5.41, 5.74) is 0. The predicted molar refractivity (Wildman–Crippen MR) is 77.1 cm³/mol. The molecule has 0 aromatic carbocycles. The first-order valence-electron chi connectivity index (χ1n) is 7.74. The molecule has 0 amide bonds. The molecule has 3 aliphatic rings. The molecule has 0 unspecified atom stereocenters. The first-order valence-corrected chi connectivity index (χ1v) is 7.74. The van der Waals surface area contributed by atoms with Crippen molar-refractivity contribution in [3.05, 3.63) is 18.2 Å². The van der Waals surface area contributed by atoms with Crippen molar-refractivity contribution in [2.75, 3.05) is 26.2 Å². The Labute approximate surface area is 157 Å². The number of rotatable bonds is 5. The summed E-state index contributed by atoms with van der Waals surface area (Å²) in [6.45, 7) is 5.03. The first-order chi connectivity index (χ1) is 10.1. The van der Waals surface area contributed by atoms with Crippen LogP contribution in [0.3, 0.4) is 0 Å². The van der Waals surface area contributed by atoms with Gasteiger partial charge in [0, 0.05) is 25.2 Å². The number of halogens is 2. The van der Waals surface area contributed by atoms with Crippen LogP contribution in [0.4, 0.5) is 0 Å².